The van der Waals surface area contributed by atoms with Gasteiger partial charge in [-0.15, -0.1) is 0 Å². The molecule has 1 aliphatic carbocycles. The van der Waals surface area contributed by atoms with Crippen LogP contribution in [0.15, 0.2) is 22.9 Å². The van der Waals surface area contributed by atoms with E-state index in [0.29, 0.717) is 0 Å². The standard InChI is InChI=1S/C15H15N3O3/c1-8-17-11-4-2-3-10(16)14(11)15(21)18(8)12-6-5-9(19)7-13(12)20/h2-4,12H,5-7,16H2,1H3/i1D2,2D,4D,5D2. The van der Waals surface area contributed by atoms with Crippen molar-refractivity contribution in [1.82, 2.24) is 9.55 Å². The van der Waals surface area contributed by atoms with Crippen molar-refractivity contribution in [3.63, 3.8) is 0 Å². The van der Waals surface area contributed by atoms with E-state index in [-0.39, 0.29) is 22.6 Å². The van der Waals surface area contributed by atoms with Crippen molar-refractivity contribution in [2.75, 3.05) is 5.73 Å². The van der Waals surface area contributed by atoms with Crippen LogP contribution in [0.1, 0.15) is 39.3 Å². The van der Waals surface area contributed by atoms with Crippen LogP contribution in [0.5, 0.6) is 0 Å². The van der Waals surface area contributed by atoms with Crippen molar-refractivity contribution in [1.29, 1.82) is 0 Å². The first-order valence-corrected chi connectivity index (χ1v) is 6.18. The van der Waals surface area contributed by atoms with Gasteiger partial charge in [0.1, 0.15) is 11.6 Å². The molecule has 0 radical (unpaired) electrons. The molecule has 1 unspecified atom stereocenters. The van der Waals surface area contributed by atoms with Crippen LogP contribution in [0.2, 0.25) is 0 Å². The Balaban J connectivity index is 2.37. The van der Waals surface area contributed by atoms with Crippen LogP contribution in [0.4, 0.5) is 5.69 Å². The number of nitrogens with two attached hydrogens (primary N) is 1. The third-order valence-corrected chi connectivity index (χ3v) is 3.36. The lowest BCUT2D eigenvalue weighted by Crippen LogP contribution is -2.36. The Morgan fingerprint density at radius 3 is 3.10 bits per heavy atom. The molecule has 1 atom stereocenters. The van der Waals surface area contributed by atoms with Gasteiger partial charge in [-0.1, -0.05) is 6.04 Å². The lowest BCUT2D eigenvalue weighted by molar-refractivity contribution is -0.132. The van der Waals surface area contributed by atoms with E-state index >= 15 is 0 Å². The molecular weight excluding hydrogens is 270 g/mol. The third kappa shape index (κ3) is 2.12. The van der Waals surface area contributed by atoms with Gasteiger partial charge in [0.15, 0.2) is 5.78 Å². The molecule has 21 heavy (non-hydrogen) atoms. The highest BCUT2D eigenvalue weighted by Gasteiger charge is 2.30. The second-order valence-electron chi connectivity index (χ2n) is 4.70. The Labute approximate surface area is 129 Å². The van der Waals surface area contributed by atoms with Crippen LogP contribution in [0, 0.1) is 6.88 Å². The Kier molecular flexibility index (Phi) is 1.84. The predicted octanol–water partition coefficient (Wildman–Crippen LogP) is 1.15. The number of hydrogen-bond acceptors (Lipinski definition) is 5. The summed E-state index contributed by atoms with van der Waals surface area (Å²) in [4.78, 5) is 41.1. The largest absolute Gasteiger partial charge is 0.398 e. The van der Waals surface area contributed by atoms with E-state index < -0.39 is 61.1 Å². The monoisotopic (exact) mass is 291 g/mol. The van der Waals surface area contributed by atoms with Crippen molar-refractivity contribution in [3.8, 4) is 0 Å². The van der Waals surface area contributed by atoms with Crippen LogP contribution in [0.3, 0.4) is 0 Å². The number of aromatic nitrogens is 2. The molecule has 1 aromatic carbocycles. The zero-order valence-electron chi connectivity index (χ0n) is 16.8. The second-order valence-corrected chi connectivity index (χ2v) is 4.70. The number of ketones is 2. The molecule has 3 rings (SSSR count). The van der Waals surface area contributed by atoms with E-state index in [9.17, 15) is 14.4 Å². The number of aryl methyl sites for hydroxylation is 1. The van der Waals surface area contributed by atoms with Crippen LogP contribution in [0.25, 0.3) is 10.9 Å². The maximum atomic E-state index is 13.0. The van der Waals surface area contributed by atoms with Gasteiger partial charge in [-0.25, -0.2) is 4.98 Å². The van der Waals surface area contributed by atoms with Crippen LogP contribution >= 0.6 is 0 Å². The Morgan fingerprint density at radius 2 is 2.33 bits per heavy atom. The van der Waals surface area contributed by atoms with Gasteiger partial charge in [0.05, 0.1) is 26.1 Å². The molecule has 1 fully saturated rings. The first-order chi connectivity index (χ1) is 12.5. The lowest BCUT2D eigenvalue weighted by Gasteiger charge is -2.24. The lowest BCUT2D eigenvalue weighted by atomic mass is 9.92. The van der Waals surface area contributed by atoms with Gasteiger partial charge in [-0.3, -0.25) is 19.0 Å². The molecule has 0 bridgehead atoms. The summed E-state index contributed by atoms with van der Waals surface area (Å²) in [7, 11) is 0. The summed E-state index contributed by atoms with van der Waals surface area (Å²) in [5.41, 5.74) is 4.47. The van der Waals surface area contributed by atoms with Crippen LogP contribution in [-0.2, 0) is 9.59 Å². The Morgan fingerprint density at radius 1 is 1.52 bits per heavy atom. The number of carbonyl (C=O) groups is 2. The summed E-state index contributed by atoms with van der Waals surface area (Å²) in [6, 6.07) is -1.04. The first kappa shape index (κ1) is 8.07. The molecule has 6 heteroatoms. The fourth-order valence-electron chi connectivity index (χ4n) is 2.35. The number of hydrogen-bond donors (Lipinski definition) is 1. The molecule has 1 aliphatic rings. The van der Waals surface area contributed by atoms with Crippen molar-refractivity contribution >= 4 is 28.2 Å². The zero-order chi connectivity index (χ0) is 20.3. The van der Waals surface area contributed by atoms with Gasteiger partial charge < -0.3 is 5.73 Å². The molecule has 1 aromatic heterocycles. The molecule has 2 N–H and O–H groups in total. The van der Waals surface area contributed by atoms with Crippen molar-refractivity contribution in [2.24, 2.45) is 0 Å². The summed E-state index contributed by atoms with van der Waals surface area (Å²) < 4.78 is 47.2. The first-order valence-electron chi connectivity index (χ1n) is 9.33. The number of carbonyl (C=O) groups excluding carboxylic acids is 2. The van der Waals surface area contributed by atoms with Gasteiger partial charge in [-0.05, 0) is 25.4 Å². The maximum Gasteiger partial charge on any atom is 0.264 e. The predicted molar refractivity (Wildman–Crippen MR) is 78.1 cm³/mol. The highest BCUT2D eigenvalue weighted by atomic mass is 16.2. The minimum Gasteiger partial charge on any atom is -0.398 e. The number of rotatable bonds is 1. The molecule has 0 aliphatic heterocycles. The van der Waals surface area contributed by atoms with E-state index in [4.69, 9.17) is 14.0 Å². The SMILES string of the molecule is [2H]c1cc(N)c2c(=O)n(C3CC([2H])([2H])C(=O)CC3=O)c(C([2H])[2H])nc2c1[2H]. The molecule has 2 aromatic rings. The number of nitrogens with zero attached hydrogens (tertiary/aromatic N) is 2. The quantitative estimate of drug-likeness (QED) is 0.628. The number of fused-ring (bicyclic) bond motifs is 1. The maximum absolute atomic E-state index is 13.0. The van der Waals surface area contributed by atoms with Crippen LogP contribution < -0.4 is 11.3 Å². The summed E-state index contributed by atoms with van der Waals surface area (Å²) >= 11 is 0. The average molecular weight is 291 g/mol. The second kappa shape index (κ2) is 4.80. The minimum atomic E-state index is -2.35. The fraction of sp³-hybridized carbons (Fsp3) is 0.333. The number of anilines is 1. The third-order valence-electron chi connectivity index (χ3n) is 3.36. The molecule has 1 heterocycles. The molecule has 6 nitrogen and oxygen atoms in total. The summed E-state index contributed by atoms with van der Waals surface area (Å²) in [5.74, 6) is -2.09. The topological polar surface area (TPSA) is 95.0 Å². The van der Waals surface area contributed by atoms with E-state index in [2.05, 4.69) is 4.98 Å². The van der Waals surface area contributed by atoms with Crippen LogP contribution in [-0.4, -0.2) is 21.1 Å². The minimum absolute atomic E-state index is 0.155. The molecular formula is C15H15N3O3. The summed E-state index contributed by atoms with van der Waals surface area (Å²) in [6.07, 6.45) is -3.68. The molecule has 1 saturated carbocycles. The molecule has 0 saturated heterocycles. The average Bonchev–Trinajstić information content (AvgIpc) is 2.55. The van der Waals surface area contributed by atoms with E-state index in [1.165, 1.54) is 0 Å². The molecule has 108 valence electrons. The van der Waals surface area contributed by atoms with Crippen molar-refractivity contribution in [2.45, 2.75) is 32.1 Å². The Bertz CT molecular complexity index is 1050. The van der Waals surface area contributed by atoms with E-state index in [1.807, 2.05) is 0 Å². The van der Waals surface area contributed by atoms with E-state index in [0.717, 1.165) is 10.6 Å². The summed E-state index contributed by atoms with van der Waals surface area (Å²) in [6.45, 7) is -1.83. The van der Waals surface area contributed by atoms with Gasteiger partial charge >= 0.3 is 0 Å². The van der Waals surface area contributed by atoms with E-state index in [1.54, 1.807) is 0 Å². The summed E-state index contributed by atoms with van der Waals surface area (Å²) in [5, 5.41) is -0.245. The number of nitrogen functional groups attached to an aromatic ring is 1. The normalized spacial score (nSPS) is 25.9. The Hall–Kier alpha value is -2.50. The molecule has 0 spiro atoms. The highest BCUT2D eigenvalue weighted by Crippen LogP contribution is 2.24. The van der Waals surface area contributed by atoms with Crippen molar-refractivity contribution in [3.05, 3.63) is 34.3 Å². The van der Waals surface area contributed by atoms with Gasteiger partial charge in [-0.2, -0.15) is 0 Å². The van der Waals surface area contributed by atoms with Crippen molar-refractivity contribution < 1.29 is 17.8 Å². The van der Waals surface area contributed by atoms with Gasteiger partial charge in [0.25, 0.3) is 5.56 Å². The number of Topliss-reactive ketones (excluding diaryl/α,β-unsaturated/α-hetero) is 2. The smallest absolute Gasteiger partial charge is 0.264 e. The highest BCUT2D eigenvalue weighted by molar-refractivity contribution is 6.03. The number of benzene rings is 1. The molecule has 0 amide bonds. The fourth-order valence-corrected chi connectivity index (χ4v) is 2.35. The van der Waals surface area contributed by atoms with Gasteiger partial charge in [0.2, 0.25) is 0 Å². The zero-order valence-corrected chi connectivity index (χ0v) is 10.8. The van der Waals surface area contributed by atoms with Gasteiger partial charge in [0, 0.05) is 17.5 Å².